The highest BCUT2D eigenvalue weighted by atomic mass is 35.5. The minimum Gasteiger partial charge on any atom is -0.497 e. The minimum absolute atomic E-state index is 0.0220. The highest BCUT2D eigenvalue weighted by molar-refractivity contribution is 7.92. The Hall–Kier alpha value is -4.36. The number of nitro groups is 1. The first-order chi connectivity index (χ1) is 21.8. The number of anilines is 1. The number of nitrogens with zero attached hydrogens (tertiary/aromatic N) is 3. The number of hydrogen-bond acceptors (Lipinski definition) is 8. The number of aryl methyl sites for hydroxylation is 1. The Labute approximate surface area is 274 Å². The smallest absolute Gasteiger partial charge is 0.273 e. The lowest BCUT2D eigenvalue weighted by Crippen LogP contribution is -2.53. The van der Waals surface area contributed by atoms with E-state index in [4.69, 9.17) is 21.1 Å². The molecule has 3 rings (SSSR count). The van der Waals surface area contributed by atoms with Crippen LogP contribution in [0.1, 0.15) is 44.7 Å². The van der Waals surface area contributed by atoms with E-state index >= 15 is 0 Å². The Balaban J connectivity index is 2.18. The molecule has 0 aliphatic heterocycles. The molecule has 14 heteroatoms. The van der Waals surface area contributed by atoms with Crippen LogP contribution in [0.2, 0.25) is 5.02 Å². The van der Waals surface area contributed by atoms with Gasteiger partial charge in [0.1, 0.15) is 24.1 Å². The zero-order valence-corrected chi connectivity index (χ0v) is 28.2. The molecule has 0 aliphatic carbocycles. The van der Waals surface area contributed by atoms with Crippen molar-refractivity contribution in [2.75, 3.05) is 25.1 Å². The van der Waals surface area contributed by atoms with Gasteiger partial charge in [-0.2, -0.15) is 0 Å². The summed E-state index contributed by atoms with van der Waals surface area (Å²) in [6.07, 6.45) is 0.902. The maximum Gasteiger partial charge on any atom is 0.273 e. The molecule has 0 spiro atoms. The summed E-state index contributed by atoms with van der Waals surface area (Å²) in [6.45, 7) is 6.22. The van der Waals surface area contributed by atoms with E-state index in [0.717, 1.165) is 10.4 Å². The number of ether oxygens (including phenoxy) is 2. The van der Waals surface area contributed by atoms with Crippen LogP contribution in [0, 0.1) is 17.0 Å². The van der Waals surface area contributed by atoms with E-state index in [0.29, 0.717) is 17.7 Å². The summed E-state index contributed by atoms with van der Waals surface area (Å²) in [5.41, 5.74) is 0.468. The van der Waals surface area contributed by atoms with Crippen molar-refractivity contribution in [2.45, 2.75) is 64.1 Å². The van der Waals surface area contributed by atoms with Gasteiger partial charge in [0.2, 0.25) is 11.8 Å². The van der Waals surface area contributed by atoms with E-state index in [1.165, 1.54) is 56.4 Å². The molecule has 0 saturated carbocycles. The molecule has 0 aliphatic rings. The van der Waals surface area contributed by atoms with Gasteiger partial charge in [-0.1, -0.05) is 43.6 Å². The van der Waals surface area contributed by atoms with E-state index in [2.05, 4.69) is 5.32 Å². The van der Waals surface area contributed by atoms with Gasteiger partial charge in [-0.25, -0.2) is 8.42 Å². The van der Waals surface area contributed by atoms with E-state index < -0.39 is 44.0 Å². The monoisotopic (exact) mass is 674 g/mol. The van der Waals surface area contributed by atoms with Gasteiger partial charge in [0, 0.05) is 29.2 Å². The number of halogens is 1. The second kappa shape index (κ2) is 15.8. The molecule has 12 nitrogen and oxygen atoms in total. The maximum absolute atomic E-state index is 14.3. The van der Waals surface area contributed by atoms with Gasteiger partial charge in [0.15, 0.2) is 0 Å². The molecule has 3 aromatic rings. The second-order valence-electron chi connectivity index (χ2n) is 10.6. The standard InChI is InChI=1S/C32H39ClN4O8S/c1-7-22(4)34-32(39)27(8-2)35(19-23-10-13-25(44-5)14-11-23)31(38)20-36(29-17-24(33)12-16-30(29)45-6)46(42,43)26-15-9-21(3)28(18-26)37(40)41/h9-18,22,27H,7-8,19-20H2,1-6H3,(H,34,39)/t22-,27-/m1/s1. The highest BCUT2D eigenvalue weighted by Gasteiger charge is 2.36. The number of sulfonamides is 1. The molecule has 0 aromatic heterocycles. The van der Waals surface area contributed by atoms with Crippen molar-refractivity contribution in [1.82, 2.24) is 10.2 Å². The molecular formula is C32H39ClN4O8S. The normalized spacial score (nSPS) is 12.5. The third kappa shape index (κ3) is 8.46. The van der Waals surface area contributed by atoms with Gasteiger partial charge in [0.25, 0.3) is 15.7 Å². The van der Waals surface area contributed by atoms with Crippen LogP contribution in [0.25, 0.3) is 0 Å². The van der Waals surface area contributed by atoms with Crippen molar-refractivity contribution < 1.29 is 32.4 Å². The Morgan fingerprint density at radius 3 is 2.24 bits per heavy atom. The summed E-state index contributed by atoms with van der Waals surface area (Å²) in [6, 6.07) is 13.6. The maximum atomic E-state index is 14.3. The SMILES string of the molecule is CC[C@@H](C)NC(=O)[C@@H](CC)N(Cc1ccc(OC)cc1)C(=O)CN(c1cc(Cl)ccc1OC)S(=O)(=O)c1ccc(C)c([N+](=O)[O-])c1. The molecule has 2 amide bonds. The van der Waals surface area contributed by atoms with Gasteiger partial charge < -0.3 is 19.7 Å². The number of hydrogen-bond donors (Lipinski definition) is 1. The molecular weight excluding hydrogens is 636 g/mol. The van der Waals surface area contributed by atoms with Crippen molar-refractivity contribution in [1.29, 1.82) is 0 Å². The lowest BCUT2D eigenvalue weighted by Gasteiger charge is -2.34. The summed E-state index contributed by atoms with van der Waals surface area (Å²) in [4.78, 5) is 39.7. The molecule has 3 aromatic carbocycles. The number of nitro benzene ring substituents is 1. The van der Waals surface area contributed by atoms with Crippen LogP contribution in [0.5, 0.6) is 11.5 Å². The lowest BCUT2D eigenvalue weighted by molar-refractivity contribution is -0.385. The van der Waals surface area contributed by atoms with Crippen LogP contribution in [-0.2, 0) is 26.2 Å². The molecule has 46 heavy (non-hydrogen) atoms. The minimum atomic E-state index is -4.64. The third-order valence-electron chi connectivity index (χ3n) is 7.55. The summed E-state index contributed by atoms with van der Waals surface area (Å²) in [7, 11) is -1.78. The molecule has 248 valence electrons. The van der Waals surface area contributed by atoms with Gasteiger partial charge in [-0.15, -0.1) is 0 Å². The van der Waals surface area contributed by atoms with E-state index in [9.17, 15) is 28.1 Å². The lowest BCUT2D eigenvalue weighted by atomic mass is 10.1. The molecule has 0 fully saturated rings. The number of benzene rings is 3. The van der Waals surface area contributed by atoms with E-state index in [-0.39, 0.29) is 46.9 Å². The van der Waals surface area contributed by atoms with Crippen LogP contribution in [0.3, 0.4) is 0 Å². The molecule has 0 unspecified atom stereocenters. The Bertz CT molecular complexity index is 1670. The quantitative estimate of drug-likeness (QED) is 0.164. The molecule has 0 radical (unpaired) electrons. The summed E-state index contributed by atoms with van der Waals surface area (Å²) >= 11 is 6.28. The van der Waals surface area contributed by atoms with Gasteiger partial charge in [-0.05, 0) is 68.7 Å². The number of carbonyl (C=O) groups excluding carboxylic acids is 2. The molecule has 0 heterocycles. The summed E-state index contributed by atoms with van der Waals surface area (Å²) < 4.78 is 40.1. The molecule has 0 bridgehead atoms. The first-order valence-corrected chi connectivity index (χ1v) is 16.4. The number of nitrogens with one attached hydrogen (secondary N) is 1. The Morgan fingerprint density at radius 1 is 1.00 bits per heavy atom. The summed E-state index contributed by atoms with van der Waals surface area (Å²) in [5.74, 6) is -0.400. The highest BCUT2D eigenvalue weighted by Crippen LogP contribution is 2.36. The largest absolute Gasteiger partial charge is 0.497 e. The number of carbonyl (C=O) groups is 2. The van der Waals surface area contributed by atoms with Gasteiger partial charge in [0.05, 0.1) is 29.7 Å². The Kier molecular flexibility index (Phi) is 12.4. The number of rotatable bonds is 15. The fraction of sp³-hybridized carbons (Fsp3) is 0.375. The topological polar surface area (TPSA) is 148 Å². The van der Waals surface area contributed by atoms with Crippen molar-refractivity contribution in [3.63, 3.8) is 0 Å². The fourth-order valence-electron chi connectivity index (χ4n) is 4.73. The summed E-state index contributed by atoms with van der Waals surface area (Å²) in [5, 5.41) is 14.8. The Morgan fingerprint density at radius 2 is 1.67 bits per heavy atom. The second-order valence-corrected chi connectivity index (χ2v) is 12.9. The third-order valence-corrected chi connectivity index (χ3v) is 9.54. The predicted octanol–water partition coefficient (Wildman–Crippen LogP) is 5.49. The van der Waals surface area contributed by atoms with Gasteiger partial charge in [-0.3, -0.25) is 24.0 Å². The van der Waals surface area contributed by atoms with Crippen molar-refractivity contribution in [3.8, 4) is 11.5 Å². The van der Waals surface area contributed by atoms with Crippen molar-refractivity contribution >= 4 is 44.8 Å². The predicted molar refractivity (Wildman–Crippen MR) is 176 cm³/mol. The number of methoxy groups -OCH3 is 2. The van der Waals surface area contributed by atoms with Crippen LogP contribution < -0.4 is 19.1 Å². The van der Waals surface area contributed by atoms with Crippen molar-refractivity contribution in [3.05, 3.63) is 86.9 Å². The zero-order valence-electron chi connectivity index (χ0n) is 26.7. The first-order valence-electron chi connectivity index (χ1n) is 14.6. The van der Waals surface area contributed by atoms with Crippen LogP contribution >= 0.6 is 11.6 Å². The molecule has 1 N–H and O–H groups in total. The van der Waals surface area contributed by atoms with Crippen LogP contribution in [-0.4, -0.2) is 62.9 Å². The zero-order chi connectivity index (χ0) is 34.2. The first kappa shape index (κ1) is 36.1. The molecule has 2 atom stereocenters. The van der Waals surface area contributed by atoms with Crippen molar-refractivity contribution in [2.24, 2.45) is 0 Å². The van der Waals surface area contributed by atoms with E-state index in [1.54, 1.807) is 31.2 Å². The van der Waals surface area contributed by atoms with Gasteiger partial charge >= 0.3 is 0 Å². The van der Waals surface area contributed by atoms with Crippen LogP contribution in [0.4, 0.5) is 11.4 Å². The number of amides is 2. The van der Waals surface area contributed by atoms with Crippen LogP contribution in [0.15, 0.2) is 65.6 Å². The average molecular weight is 675 g/mol. The van der Waals surface area contributed by atoms with E-state index in [1.807, 2.05) is 13.8 Å². The fourth-order valence-corrected chi connectivity index (χ4v) is 6.34. The average Bonchev–Trinajstić information content (AvgIpc) is 3.03. The molecule has 0 saturated heterocycles.